The van der Waals surface area contributed by atoms with Crippen LogP contribution in [0.1, 0.15) is 44.2 Å². The lowest BCUT2D eigenvalue weighted by atomic mass is 10.0. The monoisotopic (exact) mass is 407 g/mol. The number of amides is 2. The minimum Gasteiger partial charge on any atom is -0.355 e. The van der Waals surface area contributed by atoms with Crippen molar-refractivity contribution in [3.05, 3.63) is 35.9 Å². The Labute approximate surface area is 167 Å². The molecule has 0 spiro atoms. The number of rotatable bonds is 4. The van der Waals surface area contributed by atoms with Gasteiger partial charge in [0.2, 0.25) is 21.8 Å². The van der Waals surface area contributed by atoms with Gasteiger partial charge in [-0.15, -0.1) is 0 Å². The van der Waals surface area contributed by atoms with E-state index in [1.54, 1.807) is 11.8 Å². The maximum absolute atomic E-state index is 13.0. The predicted octanol–water partition coefficient (Wildman–Crippen LogP) is 1.53. The number of carbonyl (C=O) groups is 2. The Kier molecular flexibility index (Phi) is 6.72. The van der Waals surface area contributed by atoms with E-state index in [9.17, 15) is 18.0 Å². The Balaban J connectivity index is 1.87. The van der Waals surface area contributed by atoms with Crippen molar-refractivity contribution in [2.24, 2.45) is 5.92 Å². The quantitative estimate of drug-likeness (QED) is 0.820. The maximum atomic E-state index is 13.0. The van der Waals surface area contributed by atoms with Crippen molar-refractivity contribution in [3.63, 3.8) is 0 Å². The van der Waals surface area contributed by atoms with Gasteiger partial charge in [0.25, 0.3) is 0 Å². The van der Waals surface area contributed by atoms with Crippen LogP contribution >= 0.6 is 0 Å². The average Bonchev–Trinajstić information content (AvgIpc) is 3.53. The Hall–Kier alpha value is -1.93. The van der Waals surface area contributed by atoms with Crippen LogP contribution in [0.25, 0.3) is 0 Å². The topological polar surface area (TPSA) is 86.8 Å². The molecule has 1 N–H and O–H groups in total. The van der Waals surface area contributed by atoms with E-state index < -0.39 is 10.0 Å². The van der Waals surface area contributed by atoms with Crippen LogP contribution in [-0.2, 0) is 19.6 Å². The van der Waals surface area contributed by atoms with Crippen molar-refractivity contribution >= 4 is 21.8 Å². The fourth-order valence-electron chi connectivity index (χ4n) is 3.63. The number of sulfonamides is 1. The molecule has 154 valence electrons. The van der Waals surface area contributed by atoms with E-state index in [-0.39, 0.29) is 49.0 Å². The van der Waals surface area contributed by atoms with E-state index in [1.807, 2.05) is 30.3 Å². The van der Waals surface area contributed by atoms with Crippen molar-refractivity contribution in [3.8, 4) is 0 Å². The second-order valence-corrected chi connectivity index (χ2v) is 9.70. The van der Waals surface area contributed by atoms with E-state index in [0.29, 0.717) is 19.5 Å². The molecule has 7 nitrogen and oxygen atoms in total. The van der Waals surface area contributed by atoms with Gasteiger partial charge in [0, 0.05) is 32.1 Å². The van der Waals surface area contributed by atoms with Crippen LogP contribution in [0, 0.1) is 5.92 Å². The molecular formula is C20H29N3O4S. The third-order valence-electron chi connectivity index (χ3n) is 5.40. The Morgan fingerprint density at radius 3 is 2.50 bits per heavy atom. The number of nitrogens with one attached hydrogen (secondary N) is 1. The highest BCUT2D eigenvalue weighted by Gasteiger charge is 2.37. The van der Waals surface area contributed by atoms with Gasteiger partial charge in [-0.05, 0) is 31.7 Å². The van der Waals surface area contributed by atoms with Gasteiger partial charge in [-0.3, -0.25) is 9.59 Å². The summed E-state index contributed by atoms with van der Waals surface area (Å²) in [6.07, 6.45) is 2.51. The molecule has 2 amide bonds. The minimum absolute atomic E-state index is 0.0261. The minimum atomic E-state index is -3.35. The lowest BCUT2D eigenvalue weighted by Crippen LogP contribution is -2.40. The summed E-state index contributed by atoms with van der Waals surface area (Å²) in [5.41, 5.74) is 0.934. The van der Waals surface area contributed by atoms with Crippen LogP contribution in [0.15, 0.2) is 30.3 Å². The van der Waals surface area contributed by atoms with Crippen LogP contribution in [0.3, 0.4) is 0 Å². The molecule has 1 aliphatic heterocycles. The molecular weight excluding hydrogens is 378 g/mol. The molecule has 1 unspecified atom stereocenters. The van der Waals surface area contributed by atoms with Gasteiger partial charge in [0.15, 0.2) is 0 Å². The van der Waals surface area contributed by atoms with E-state index in [0.717, 1.165) is 18.4 Å². The molecule has 0 aromatic heterocycles. The Morgan fingerprint density at radius 2 is 1.86 bits per heavy atom. The Bertz CT molecular complexity index is 793. The molecule has 28 heavy (non-hydrogen) atoms. The molecule has 0 bridgehead atoms. The summed E-state index contributed by atoms with van der Waals surface area (Å²) in [4.78, 5) is 27.4. The smallest absolute Gasteiger partial charge is 0.226 e. The SMILES string of the molecule is CCS(=O)(=O)N1CCCN(C(=O)C2CC2)C(c2ccccc2)CC(=O)NCC1. The van der Waals surface area contributed by atoms with E-state index >= 15 is 0 Å². The molecule has 0 radical (unpaired) electrons. The zero-order valence-corrected chi connectivity index (χ0v) is 17.2. The van der Waals surface area contributed by atoms with Gasteiger partial charge in [-0.25, -0.2) is 12.7 Å². The summed E-state index contributed by atoms with van der Waals surface area (Å²) >= 11 is 0. The first kappa shape index (κ1) is 20.8. The fourth-order valence-corrected chi connectivity index (χ4v) is 4.77. The van der Waals surface area contributed by atoms with Gasteiger partial charge in [-0.1, -0.05) is 30.3 Å². The second kappa shape index (κ2) is 9.05. The normalized spacial score (nSPS) is 23.0. The number of benzene rings is 1. The van der Waals surface area contributed by atoms with Gasteiger partial charge < -0.3 is 10.2 Å². The number of hydrogen-bond acceptors (Lipinski definition) is 4. The van der Waals surface area contributed by atoms with Crippen LogP contribution in [0.5, 0.6) is 0 Å². The molecule has 1 saturated heterocycles. The average molecular weight is 408 g/mol. The molecule has 1 heterocycles. The number of nitrogens with zero attached hydrogens (tertiary/aromatic N) is 2. The van der Waals surface area contributed by atoms with Crippen molar-refractivity contribution in [2.45, 2.75) is 38.6 Å². The van der Waals surface area contributed by atoms with Crippen LogP contribution in [0.4, 0.5) is 0 Å². The Morgan fingerprint density at radius 1 is 1.14 bits per heavy atom. The van der Waals surface area contributed by atoms with Crippen LogP contribution < -0.4 is 5.32 Å². The molecule has 2 aliphatic rings. The predicted molar refractivity (Wildman–Crippen MR) is 107 cm³/mol. The highest BCUT2D eigenvalue weighted by molar-refractivity contribution is 7.89. The summed E-state index contributed by atoms with van der Waals surface area (Å²) in [6, 6.07) is 9.29. The lowest BCUT2D eigenvalue weighted by molar-refractivity contribution is -0.136. The van der Waals surface area contributed by atoms with Gasteiger partial charge in [-0.2, -0.15) is 0 Å². The summed E-state index contributed by atoms with van der Waals surface area (Å²) in [5, 5.41) is 2.83. The van der Waals surface area contributed by atoms with Crippen LogP contribution in [-0.4, -0.2) is 61.4 Å². The molecule has 1 aliphatic carbocycles. The highest BCUT2D eigenvalue weighted by Crippen LogP contribution is 2.35. The van der Waals surface area contributed by atoms with Gasteiger partial charge in [0.05, 0.1) is 18.2 Å². The standard InChI is InChI=1S/C20H29N3O4S/c1-2-28(26,27)22-12-6-13-23(20(25)17-9-10-17)18(15-19(24)21-11-14-22)16-7-4-3-5-8-16/h3-5,7-8,17-18H,2,6,9-15H2,1H3,(H,21,24). The number of carbonyl (C=O) groups excluding carboxylic acids is 2. The van der Waals surface area contributed by atoms with E-state index in [1.165, 1.54) is 4.31 Å². The molecule has 3 rings (SSSR count). The first-order valence-corrected chi connectivity index (χ1v) is 11.6. The van der Waals surface area contributed by atoms with E-state index in [4.69, 9.17) is 0 Å². The molecule has 1 aromatic rings. The molecule has 1 aromatic carbocycles. The summed E-state index contributed by atoms with van der Waals surface area (Å²) in [6.45, 7) is 2.94. The highest BCUT2D eigenvalue weighted by atomic mass is 32.2. The third kappa shape index (κ3) is 5.11. The largest absolute Gasteiger partial charge is 0.355 e. The second-order valence-electron chi connectivity index (χ2n) is 7.44. The zero-order chi connectivity index (χ0) is 20.1. The fraction of sp³-hybridized carbons (Fsp3) is 0.600. The van der Waals surface area contributed by atoms with Crippen LogP contribution in [0.2, 0.25) is 0 Å². The third-order valence-corrected chi connectivity index (χ3v) is 7.28. The first-order chi connectivity index (χ1) is 13.4. The van der Waals surface area contributed by atoms with E-state index in [2.05, 4.69) is 5.32 Å². The maximum Gasteiger partial charge on any atom is 0.226 e. The first-order valence-electron chi connectivity index (χ1n) is 10.0. The number of hydrogen-bond donors (Lipinski definition) is 1. The molecule has 1 saturated carbocycles. The van der Waals surface area contributed by atoms with Gasteiger partial charge >= 0.3 is 0 Å². The molecule has 2 fully saturated rings. The van der Waals surface area contributed by atoms with Crippen molar-refractivity contribution in [1.29, 1.82) is 0 Å². The van der Waals surface area contributed by atoms with Crippen molar-refractivity contribution in [1.82, 2.24) is 14.5 Å². The van der Waals surface area contributed by atoms with Crippen molar-refractivity contribution in [2.75, 3.05) is 31.9 Å². The molecule has 1 atom stereocenters. The van der Waals surface area contributed by atoms with Gasteiger partial charge in [0.1, 0.15) is 0 Å². The summed E-state index contributed by atoms with van der Waals surface area (Å²) in [7, 11) is -3.35. The summed E-state index contributed by atoms with van der Waals surface area (Å²) in [5.74, 6) is -0.0305. The lowest BCUT2D eigenvalue weighted by Gasteiger charge is -2.32. The van der Waals surface area contributed by atoms with Crippen molar-refractivity contribution < 1.29 is 18.0 Å². The zero-order valence-electron chi connectivity index (χ0n) is 16.3. The summed E-state index contributed by atoms with van der Waals surface area (Å²) < 4.78 is 26.1. The molecule has 8 heteroatoms.